The number of halogens is 1. The minimum atomic E-state index is 0.0304. The van der Waals surface area contributed by atoms with E-state index in [1.54, 1.807) is 6.20 Å². The summed E-state index contributed by atoms with van der Waals surface area (Å²) in [4.78, 5) is 24.4. The zero-order valence-corrected chi connectivity index (χ0v) is 18.6. The van der Waals surface area contributed by atoms with Crippen LogP contribution in [0.5, 0.6) is 0 Å². The molecule has 1 amide bonds. The maximum absolute atomic E-state index is 13.4. The van der Waals surface area contributed by atoms with Gasteiger partial charge in [0.05, 0.1) is 11.3 Å². The van der Waals surface area contributed by atoms with Gasteiger partial charge in [-0.15, -0.1) is 0 Å². The lowest BCUT2D eigenvalue weighted by Crippen LogP contribution is -2.39. The molecule has 1 atom stereocenters. The van der Waals surface area contributed by atoms with E-state index in [1.165, 1.54) is 6.42 Å². The second-order valence-corrected chi connectivity index (χ2v) is 8.81. The van der Waals surface area contributed by atoms with E-state index >= 15 is 0 Å². The molecule has 1 aliphatic rings. The predicted octanol–water partition coefficient (Wildman–Crippen LogP) is 5.62. The van der Waals surface area contributed by atoms with Gasteiger partial charge in [0, 0.05) is 40.5 Å². The molecule has 3 heterocycles. The number of fused-ring (bicyclic) bond motifs is 1. The van der Waals surface area contributed by atoms with Crippen LogP contribution in [0.1, 0.15) is 41.4 Å². The highest BCUT2D eigenvalue weighted by Crippen LogP contribution is 2.31. The summed E-state index contributed by atoms with van der Waals surface area (Å²) in [7, 11) is 0. The summed E-state index contributed by atoms with van der Waals surface area (Å²) in [6, 6.07) is 10.0. The molecule has 2 aromatic heterocycles. The van der Waals surface area contributed by atoms with Gasteiger partial charge in [-0.05, 0) is 68.5 Å². The zero-order chi connectivity index (χ0) is 20.5. The largest absolute Gasteiger partial charge is 0.354 e. The lowest BCUT2D eigenvalue weighted by atomic mass is 9.99. The molecule has 0 radical (unpaired) electrons. The van der Waals surface area contributed by atoms with Gasteiger partial charge in [-0.2, -0.15) is 0 Å². The summed E-state index contributed by atoms with van der Waals surface area (Å²) in [5.41, 5.74) is 4.97. The van der Waals surface area contributed by atoms with Crippen molar-refractivity contribution in [2.24, 2.45) is 5.92 Å². The van der Waals surface area contributed by atoms with E-state index in [1.807, 2.05) is 43.0 Å². The zero-order valence-electron chi connectivity index (χ0n) is 17.0. The van der Waals surface area contributed by atoms with Crippen molar-refractivity contribution in [2.45, 2.75) is 33.6 Å². The Hall–Kier alpha value is -2.47. The lowest BCUT2D eigenvalue weighted by molar-refractivity contribution is 0.0684. The fraction of sp³-hybridized carbons (Fsp3) is 0.348. The minimum Gasteiger partial charge on any atom is -0.354 e. The molecule has 0 spiro atoms. The van der Waals surface area contributed by atoms with Crippen LogP contribution in [0.3, 0.4) is 0 Å². The van der Waals surface area contributed by atoms with Crippen LogP contribution in [0, 0.1) is 19.8 Å². The molecule has 1 unspecified atom stereocenters. The molecular weight excluding hydrogens is 428 g/mol. The van der Waals surface area contributed by atoms with Crippen LogP contribution in [-0.4, -0.2) is 33.9 Å². The number of nitrogens with one attached hydrogen (secondary N) is 1. The number of rotatable bonds is 3. The molecule has 1 N–H and O–H groups in total. The minimum absolute atomic E-state index is 0.0304. The Balaban J connectivity index is 1.80. The molecule has 29 heavy (non-hydrogen) atoms. The third-order valence-corrected chi connectivity index (χ3v) is 6.36. The number of carbonyl (C=O) groups excluding carboxylic acids is 1. The van der Waals surface area contributed by atoms with Gasteiger partial charge in [0.1, 0.15) is 0 Å². The molecule has 4 rings (SSSR count). The highest BCUT2D eigenvalue weighted by atomic mass is 79.9. The average Bonchev–Trinajstić information content (AvgIpc) is 2.70. The summed E-state index contributed by atoms with van der Waals surface area (Å²) < 4.78 is 1.05. The van der Waals surface area contributed by atoms with Crippen molar-refractivity contribution in [3.63, 3.8) is 0 Å². The number of benzene rings is 1. The van der Waals surface area contributed by atoms with Gasteiger partial charge in [0.25, 0.3) is 5.91 Å². The van der Waals surface area contributed by atoms with E-state index in [9.17, 15) is 4.79 Å². The Morgan fingerprint density at radius 3 is 2.83 bits per heavy atom. The van der Waals surface area contributed by atoms with Gasteiger partial charge in [0.2, 0.25) is 0 Å². The SMILES string of the molecule is Cc1ccc2c(Nc3ccc(Br)c(C)c3)c(C(=O)N3CCCC(C)C3)cnc2n1. The number of pyridine rings is 2. The number of likely N-dealkylation sites (tertiary alicyclic amines) is 1. The number of anilines is 2. The number of aryl methyl sites for hydroxylation is 2. The number of piperidine rings is 1. The van der Waals surface area contributed by atoms with Crippen LogP contribution in [0.4, 0.5) is 11.4 Å². The van der Waals surface area contributed by atoms with E-state index < -0.39 is 0 Å². The van der Waals surface area contributed by atoms with E-state index in [2.05, 4.69) is 44.2 Å². The van der Waals surface area contributed by atoms with Crippen LogP contribution < -0.4 is 5.32 Å². The molecule has 1 fully saturated rings. The highest BCUT2D eigenvalue weighted by molar-refractivity contribution is 9.10. The first-order chi connectivity index (χ1) is 13.9. The predicted molar refractivity (Wildman–Crippen MR) is 121 cm³/mol. The van der Waals surface area contributed by atoms with Gasteiger partial charge >= 0.3 is 0 Å². The standard InChI is InChI=1S/C23H25BrN4O/c1-14-5-4-10-28(13-14)23(29)19-12-25-22-18(8-6-16(3)26-22)21(19)27-17-7-9-20(24)15(2)11-17/h6-9,11-12,14H,4-5,10,13H2,1-3H3,(H,25,26,27). The molecule has 1 saturated heterocycles. The molecule has 6 heteroatoms. The quantitative estimate of drug-likeness (QED) is 0.559. The van der Waals surface area contributed by atoms with Crippen LogP contribution >= 0.6 is 15.9 Å². The Morgan fingerprint density at radius 1 is 1.24 bits per heavy atom. The first kappa shape index (κ1) is 19.8. The molecule has 0 aliphatic carbocycles. The smallest absolute Gasteiger partial charge is 0.257 e. The summed E-state index contributed by atoms with van der Waals surface area (Å²) in [5, 5.41) is 4.34. The van der Waals surface area contributed by atoms with Crippen LogP contribution in [0.25, 0.3) is 11.0 Å². The Kier molecular flexibility index (Phi) is 5.54. The Bertz CT molecular complexity index is 1080. The van der Waals surface area contributed by atoms with Crippen molar-refractivity contribution < 1.29 is 4.79 Å². The number of hydrogen-bond acceptors (Lipinski definition) is 4. The van der Waals surface area contributed by atoms with Crippen LogP contribution in [0.2, 0.25) is 0 Å². The Morgan fingerprint density at radius 2 is 2.07 bits per heavy atom. The van der Waals surface area contributed by atoms with Crippen molar-refractivity contribution in [3.05, 3.63) is 57.8 Å². The average molecular weight is 453 g/mol. The maximum Gasteiger partial charge on any atom is 0.257 e. The topological polar surface area (TPSA) is 58.1 Å². The Labute approximate surface area is 179 Å². The number of hydrogen-bond donors (Lipinski definition) is 1. The van der Waals surface area contributed by atoms with Crippen molar-refractivity contribution in [2.75, 3.05) is 18.4 Å². The van der Waals surface area contributed by atoms with Crippen molar-refractivity contribution >= 4 is 44.2 Å². The molecule has 1 aromatic carbocycles. The number of aromatic nitrogens is 2. The van der Waals surface area contributed by atoms with Crippen molar-refractivity contribution in [1.29, 1.82) is 0 Å². The monoisotopic (exact) mass is 452 g/mol. The normalized spacial score (nSPS) is 16.8. The first-order valence-corrected chi connectivity index (χ1v) is 10.8. The van der Waals surface area contributed by atoms with Crippen LogP contribution in [-0.2, 0) is 0 Å². The molecule has 1 aliphatic heterocycles. The lowest BCUT2D eigenvalue weighted by Gasteiger charge is -2.31. The fourth-order valence-electron chi connectivity index (χ4n) is 3.88. The second-order valence-electron chi connectivity index (χ2n) is 7.96. The summed E-state index contributed by atoms with van der Waals surface area (Å²) >= 11 is 3.55. The summed E-state index contributed by atoms with van der Waals surface area (Å²) in [5.74, 6) is 0.554. The number of amides is 1. The van der Waals surface area contributed by atoms with E-state index in [0.29, 0.717) is 17.1 Å². The third-order valence-electron chi connectivity index (χ3n) is 5.47. The number of nitrogens with zero attached hydrogens (tertiary/aromatic N) is 3. The van der Waals surface area contributed by atoms with Gasteiger partial charge < -0.3 is 10.2 Å². The maximum atomic E-state index is 13.4. The molecule has 5 nitrogen and oxygen atoms in total. The molecule has 0 saturated carbocycles. The van der Waals surface area contributed by atoms with Gasteiger partial charge in [0.15, 0.2) is 5.65 Å². The highest BCUT2D eigenvalue weighted by Gasteiger charge is 2.25. The number of carbonyl (C=O) groups is 1. The second kappa shape index (κ2) is 8.11. The third kappa shape index (κ3) is 4.13. The van der Waals surface area contributed by atoms with Crippen LogP contribution in [0.15, 0.2) is 41.0 Å². The van der Waals surface area contributed by atoms with Gasteiger partial charge in [-0.3, -0.25) is 4.79 Å². The summed E-state index contributed by atoms with van der Waals surface area (Å²) in [6.45, 7) is 7.78. The van der Waals surface area contributed by atoms with E-state index in [-0.39, 0.29) is 5.91 Å². The van der Waals surface area contributed by atoms with E-state index in [4.69, 9.17) is 0 Å². The molecular formula is C23H25BrN4O. The van der Waals surface area contributed by atoms with Gasteiger partial charge in [-0.1, -0.05) is 22.9 Å². The van der Waals surface area contributed by atoms with Gasteiger partial charge in [-0.25, -0.2) is 9.97 Å². The molecule has 150 valence electrons. The summed E-state index contributed by atoms with van der Waals surface area (Å²) in [6.07, 6.45) is 3.89. The fourth-order valence-corrected chi connectivity index (χ4v) is 4.13. The van der Waals surface area contributed by atoms with E-state index in [0.717, 1.165) is 52.0 Å². The molecule has 3 aromatic rings. The molecule has 0 bridgehead atoms. The van der Waals surface area contributed by atoms with Crippen molar-refractivity contribution in [3.8, 4) is 0 Å². The first-order valence-electron chi connectivity index (χ1n) is 10.0. The van der Waals surface area contributed by atoms with Crippen molar-refractivity contribution in [1.82, 2.24) is 14.9 Å².